The van der Waals surface area contributed by atoms with Gasteiger partial charge in [0.25, 0.3) is 0 Å². The lowest BCUT2D eigenvalue weighted by molar-refractivity contribution is 0.0893. The highest BCUT2D eigenvalue weighted by Gasteiger charge is 2.15. The lowest BCUT2D eigenvalue weighted by atomic mass is 10.1. The average molecular weight is 354 g/mol. The van der Waals surface area contributed by atoms with Crippen LogP contribution in [-0.2, 0) is 15.9 Å². The Morgan fingerprint density at radius 2 is 2.46 bits per heavy atom. The van der Waals surface area contributed by atoms with Crippen molar-refractivity contribution in [2.45, 2.75) is 26.2 Å². The van der Waals surface area contributed by atoms with Crippen LogP contribution >= 0.6 is 11.3 Å². The van der Waals surface area contributed by atoms with Crippen molar-refractivity contribution in [1.29, 1.82) is 0 Å². The second-order valence-corrected chi connectivity index (χ2v) is 7.18. The molecule has 1 saturated heterocycles. The fourth-order valence-corrected chi connectivity index (χ4v) is 3.32. The highest BCUT2D eigenvalue weighted by molar-refractivity contribution is 7.09. The summed E-state index contributed by atoms with van der Waals surface area (Å²) in [7, 11) is 2.10. The molecule has 1 fully saturated rings. The van der Waals surface area contributed by atoms with Crippen LogP contribution in [-0.4, -0.2) is 64.0 Å². The molecule has 5 nitrogen and oxygen atoms in total. The maximum atomic E-state index is 5.73. The van der Waals surface area contributed by atoms with Gasteiger partial charge in [0.2, 0.25) is 0 Å². The largest absolute Gasteiger partial charge is 0.381 e. The number of nitrogens with zero attached hydrogens (tertiary/aromatic N) is 2. The number of rotatable bonds is 10. The van der Waals surface area contributed by atoms with E-state index in [1.807, 2.05) is 11.3 Å². The second kappa shape index (κ2) is 11.4. The first-order valence-corrected chi connectivity index (χ1v) is 9.85. The zero-order valence-electron chi connectivity index (χ0n) is 15.0. The van der Waals surface area contributed by atoms with Crippen molar-refractivity contribution in [3.8, 4) is 0 Å². The monoisotopic (exact) mass is 353 g/mol. The van der Waals surface area contributed by atoms with E-state index >= 15 is 0 Å². The molecule has 1 aromatic heterocycles. The van der Waals surface area contributed by atoms with Crippen molar-refractivity contribution in [1.82, 2.24) is 10.2 Å². The second-order valence-electron chi connectivity index (χ2n) is 6.14. The lowest BCUT2D eigenvalue weighted by Gasteiger charge is -2.21. The van der Waals surface area contributed by atoms with Crippen LogP contribution in [0.15, 0.2) is 22.5 Å². The van der Waals surface area contributed by atoms with Gasteiger partial charge in [0.05, 0.1) is 13.2 Å². The molecular weight excluding hydrogens is 322 g/mol. The standard InChI is InChI=1S/C18H31N3O2S/c1-3-19-18(21(2)10-7-17-6-4-13-24-17)20-9-5-11-22-14-16-8-12-23-15-16/h4,6,13,16H,3,5,7-12,14-15H2,1-2H3,(H,19,20). The predicted molar refractivity (Wildman–Crippen MR) is 101 cm³/mol. The Labute approximate surface area is 150 Å². The summed E-state index contributed by atoms with van der Waals surface area (Å²) in [4.78, 5) is 8.34. The summed E-state index contributed by atoms with van der Waals surface area (Å²) in [6, 6.07) is 4.30. The fourth-order valence-electron chi connectivity index (χ4n) is 2.62. The van der Waals surface area contributed by atoms with Crippen LogP contribution in [0.1, 0.15) is 24.6 Å². The summed E-state index contributed by atoms with van der Waals surface area (Å²) in [5.74, 6) is 1.58. The number of hydrogen-bond acceptors (Lipinski definition) is 4. The van der Waals surface area contributed by atoms with E-state index in [-0.39, 0.29) is 0 Å². The molecule has 24 heavy (non-hydrogen) atoms. The summed E-state index contributed by atoms with van der Waals surface area (Å²) in [5.41, 5.74) is 0. The molecule has 1 aliphatic heterocycles. The van der Waals surface area contributed by atoms with Crippen LogP contribution in [0.4, 0.5) is 0 Å². The molecule has 1 atom stereocenters. The van der Waals surface area contributed by atoms with Gasteiger partial charge in [-0.1, -0.05) is 6.07 Å². The Balaban J connectivity index is 1.63. The molecule has 0 saturated carbocycles. The van der Waals surface area contributed by atoms with E-state index in [1.165, 1.54) is 4.88 Å². The molecule has 0 amide bonds. The van der Waals surface area contributed by atoms with Gasteiger partial charge in [0, 0.05) is 50.7 Å². The molecule has 1 N–H and O–H groups in total. The molecule has 0 radical (unpaired) electrons. The highest BCUT2D eigenvalue weighted by atomic mass is 32.1. The first kappa shape index (κ1) is 19.2. The van der Waals surface area contributed by atoms with Crippen LogP contribution in [0.2, 0.25) is 0 Å². The van der Waals surface area contributed by atoms with E-state index in [4.69, 9.17) is 14.5 Å². The maximum absolute atomic E-state index is 5.73. The molecule has 0 aliphatic carbocycles. The number of aliphatic imine (C=N–C) groups is 1. The quantitative estimate of drug-likeness (QED) is 0.399. The fraction of sp³-hybridized carbons (Fsp3) is 0.722. The molecule has 1 unspecified atom stereocenters. The van der Waals surface area contributed by atoms with Crippen LogP contribution in [0.5, 0.6) is 0 Å². The Morgan fingerprint density at radius 1 is 1.54 bits per heavy atom. The van der Waals surface area contributed by atoms with E-state index in [1.54, 1.807) is 0 Å². The van der Waals surface area contributed by atoms with Gasteiger partial charge in [-0.3, -0.25) is 4.99 Å². The van der Waals surface area contributed by atoms with E-state index < -0.39 is 0 Å². The molecule has 6 heteroatoms. The van der Waals surface area contributed by atoms with E-state index in [0.29, 0.717) is 5.92 Å². The molecule has 0 spiro atoms. The molecular formula is C18H31N3O2S. The number of ether oxygens (including phenoxy) is 2. The van der Waals surface area contributed by atoms with Gasteiger partial charge in [-0.2, -0.15) is 0 Å². The third-order valence-electron chi connectivity index (χ3n) is 4.06. The van der Waals surface area contributed by atoms with Gasteiger partial charge in [0.15, 0.2) is 5.96 Å². The summed E-state index contributed by atoms with van der Waals surface area (Å²) in [6.07, 6.45) is 3.16. The van der Waals surface area contributed by atoms with Gasteiger partial charge in [-0.25, -0.2) is 0 Å². The molecule has 2 rings (SSSR count). The zero-order valence-corrected chi connectivity index (χ0v) is 15.8. The smallest absolute Gasteiger partial charge is 0.193 e. The predicted octanol–water partition coefficient (Wildman–Crippen LogP) is 2.63. The minimum atomic E-state index is 0.592. The minimum absolute atomic E-state index is 0.592. The van der Waals surface area contributed by atoms with Crippen molar-refractivity contribution >= 4 is 17.3 Å². The Hall–Kier alpha value is -1.11. The van der Waals surface area contributed by atoms with Crippen LogP contribution in [0.3, 0.4) is 0 Å². The summed E-state index contributed by atoms with van der Waals surface area (Å²) in [6.45, 7) is 8.12. The molecule has 2 heterocycles. The molecule has 1 aromatic rings. The van der Waals surface area contributed by atoms with Crippen molar-refractivity contribution in [3.05, 3.63) is 22.4 Å². The first-order valence-electron chi connectivity index (χ1n) is 8.97. The van der Waals surface area contributed by atoms with Gasteiger partial charge < -0.3 is 19.7 Å². The third kappa shape index (κ3) is 7.20. The van der Waals surface area contributed by atoms with Gasteiger partial charge in [-0.05, 0) is 37.6 Å². The first-order chi connectivity index (χ1) is 11.8. The zero-order chi connectivity index (χ0) is 17.0. The van der Waals surface area contributed by atoms with Crippen molar-refractivity contribution < 1.29 is 9.47 Å². The number of likely N-dealkylation sites (N-methyl/N-ethyl adjacent to an activating group) is 1. The van der Waals surface area contributed by atoms with E-state index in [9.17, 15) is 0 Å². The van der Waals surface area contributed by atoms with Crippen molar-refractivity contribution in [2.75, 3.05) is 53.1 Å². The highest BCUT2D eigenvalue weighted by Crippen LogP contribution is 2.12. The number of thiophene rings is 1. The van der Waals surface area contributed by atoms with Gasteiger partial charge in [0.1, 0.15) is 0 Å². The average Bonchev–Trinajstić information content (AvgIpc) is 3.28. The lowest BCUT2D eigenvalue weighted by Crippen LogP contribution is -2.40. The van der Waals surface area contributed by atoms with Crippen LogP contribution in [0, 0.1) is 5.92 Å². The number of guanidine groups is 1. The molecule has 136 valence electrons. The Bertz CT molecular complexity index is 459. The SMILES string of the molecule is CCNC(=NCCCOCC1CCOC1)N(C)CCc1cccs1. The topological polar surface area (TPSA) is 46.1 Å². The van der Waals surface area contributed by atoms with Crippen LogP contribution in [0.25, 0.3) is 0 Å². The maximum Gasteiger partial charge on any atom is 0.193 e. The molecule has 0 bridgehead atoms. The molecule has 1 aliphatic rings. The number of nitrogens with one attached hydrogen (secondary N) is 1. The summed E-state index contributed by atoms with van der Waals surface area (Å²) >= 11 is 1.81. The summed E-state index contributed by atoms with van der Waals surface area (Å²) in [5, 5.41) is 5.50. The van der Waals surface area contributed by atoms with E-state index in [2.05, 4.69) is 41.7 Å². The van der Waals surface area contributed by atoms with Crippen LogP contribution < -0.4 is 5.32 Å². The normalized spacial score (nSPS) is 18.1. The van der Waals surface area contributed by atoms with Gasteiger partial charge in [-0.15, -0.1) is 11.3 Å². The van der Waals surface area contributed by atoms with Gasteiger partial charge >= 0.3 is 0 Å². The Kier molecular flexibility index (Phi) is 9.16. The third-order valence-corrected chi connectivity index (χ3v) is 4.99. The number of hydrogen-bond donors (Lipinski definition) is 1. The van der Waals surface area contributed by atoms with Crippen molar-refractivity contribution in [3.63, 3.8) is 0 Å². The Morgan fingerprint density at radius 3 is 3.17 bits per heavy atom. The van der Waals surface area contributed by atoms with E-state index in [0.717, 1.165) is 71.3 Å². The minimum Gasteiger partial charge on any atom is -0.381 e. The van der Waals surface area contributed by atoms with Crippen molar-refractivity contribution in [2.24, 2.45) is 10.9 Å². The summed E-state index contributed by atoms with van der Waals surface area (Å²) < 4.78 is 11.1. The molecule has 0 aromatic carbocycles.